The smallest absolute Gasteiger partial charge is 0.253 e. The molecule has 27 heavy (non-hydrogen) atoms. The molecule has 1 saturated heterocycles. The maximum Gasteiger partial charge on any atom is 0.253 e. The van der Waals surface area contributed by atoms with Crippen molar-refractivity contribution < 1.29 is 9.59 Å². The molecular formula is C21H25BrN2O2S. The molecule has 0 radical (unpaired) electrons. The van der Waals surface area contributed by atoms with Gasteiger partial charge in [-0.3, -0.25) is 9.59 Å². The molecule has 1 aliphatic rings. The third-order valence-electron chi connectivity index (χ3n) is 5.06. The summed E-state index contributed by atoms with van der Waals surface area (Å²) in [7, 11) is 0. The second-order valence-electron chi connectivity index (χ2n) is 7.32. The van der Waals surface area contributed by atoms with Crippen LogP contribution in [0.5, 0.6) is 0 Å². The first kappa shape index (κ1) is 20.1. The van der Waals surface area contributed by atoms with E-state index in [9.17, 15) is 9.59 Å². The van der Waals surface area contributed by atoms with Crippen LogP contribution >= 0.6 is 27.3 Å². The number of piperidine rings is 1. The fourth-order valence-electron chi connectivity index (χ4n) is 3.43. The van der Waals surface area contributed by atoms with Crippen LogP contribution in [-0.2, 0) is 4.79 Å². The van der Waals surface area contributed by atoms with Crippen molar-refractivity contribution in [2.75, 3.05) is 13.1 Å². The second-order valence-corrected chi connectivity index (χ2v) is 9.21. The number of likely N-dealkylation sites (tertiary alicyclic amines) is 1. The van der Waals surface area contributed by atoms with E-state index in [2.05, 4.69) is 41.2 Å². The monoisotopic (exact) mass is 448 g/mol. The third-order valence-corrected chi connectivity index (χ3v) is 6.54. The number of hydrogen-bond acceptors (Lipinski definition) is 3. The summed E-state index contributed by atoms with van der Waals surface area (Å²) in [6, 6.07) is 11.6. The number of hydrogen-bond donors (Lipinski definition) is 1. The summed E-state index contributed by atoms with van der Waals surface area (Å²) >= 11 is 5.07. The lowest BCUT2D eigenvalue weighted by molar-refractivity contribution is -0.127. The molecule has 1 unspecified atom stereocenters. The zero-order valence-corrected chi connectivity index (χ0v) is 18.1. The van der Waals surface area contributed by atoms with Crippen LogP contribution in [-0.4, -0.2) is 29.8 Å². The molecule has 0 spiro atoms. The number of carbonyl (C=O) groups excluding carboxylic acids is 2. The largest absolute Gasteiger partial charge is 0.348 e. The molecule has 4 nitrogen and oxygen atoms in total. The Bertz CT molecular complexity index is 766. The molecule has 0 aliphatic carbocycles. The van der Waals surface area contributed by atoms with Gasteiger partial charge in [0.25, 0.3) is 5.91 Å². The van der Waals surface area contributed by atoms with E-state index in [-0.39, 0.29) is 23.8 Å². The number of nitrogens with one attached hydrogen (secondary N) is 1. The Labute approximate surface area is 173 Å². The SMILES string of the molecule is CC(C)C(NC(=O)C1CCN(C(=O)c2ccc(Br)cc2)CC1)c1cccs1. The highest BCUT2D eigenvalue weighted by atomic mass is 79.9. The highest BCUT2D eigenvalue weighted by Crippen LogP contribution is 2.27. The Morgan fingerprint density at radius 3 is 2.37 bits per heavy atom. The van der Waals surface area contributed by atoms with Crippen molar-refractivity contribution in [1.29, 1.82) is 0 Å². The lowest BCUT2D eigenvalue weighted by Crippen LogP contribution is -2.44. The average molecular weight is 449 g/mol. The van der Waals surface area contributed by atoms with Crippen molar-refractivity contribution in [1.82, 2.24) is 10.2 Å². The van der Waals surface area contributed by atoms with Crippen LogP contribution in [0, 0.1) is 11.8 Å². The lowest BCUT2D eigenvalue weighted by atomic mass is 9.94. The highest BCUT2D eigenvalue weighted by Gasteiger charge is 2.30. The summed E-state index contributed by atoms with van der Waals surface area (Å²) in [6.45, 7) is 5.50. The van der Waals surface area contributed by atoms with Gasteiger partial charge in [-0.1, -0.05) is 35.8 Å². The first-order chi connectivity index (χ1) is 13.0. The number of amides is 2. The van der Waals surface area contributed by atoms with Crippen LogP contribution in [0.25, 0.3) is 0 Å². The molecule has 1 atom stereocenters. The summed E-state index contributed by atoms with van der Waals surface area (Å²) in [5.41, 5.74) is 0.693. The molecule has 1 N–H and O–H groups in total. The van der Waals surface area contributed by atoms with E-state index in [1.165, 1.54) is 4.88 Å². The highest BCUT2D eigenvalue weighted by molar-refractivity contribution is 9.10. The molecule has 2 heterocycles. The minimum Gasteiger partial charge on any atom is -0.348 e. The van der Waals surface area contributed by atoms with E-state index >= 15 is 0 Å². The van der Waals surface area contributed by atoms with Crippen LogP contribution in [0.1, 0.15) is 48.0 Å². The Balaban J connectivity index is 1.56. The maximum atomic E-state index is 12.8. The van der Waals surface area contributed by atoms with Gasteiger partial charge in [0, 0.05) is 33.9 Å². The van der Waals surface area contributed by atoms with Crippen LogP contribution in [0.2, 0.25) is 0 Å². The Morgan fingerprint density at radius 2 is 1.81 bits per heavy atom. The standard InChI is InChI=1S/C21H25BrN2O2S/c1-14(2)19(18-4-3-13-27-18)23-20(25)15-9-11-24(12-10-15)21(26)16-5-7-17(22)8-6-16/h3-8,13-15,19H,9-12H2,1-2H3,(H,23,25). The predicted molar refractivity (Wildman–Crippen MR) is 113 cm³/mol. The van der Waals surface area contributed by atoms with E-state index < -0.39 is 0 Å². The number of nitrogens with zero attached hydrogens (tertiary/aromatic N) is 1. The van der Waals surface area contributed by atoms with Gasteiger partial charge in [0.15, 0.2) is 0 Å². The van der Waals surface area contributed by atoms with E-state index in [1.54, 1.807) is 11.3 Å². The molecule has 6 heteroatoms. The van der Waals surface area contributed by atoms with Gasteiger partial charge in [-0.05, 0) is 54.5 Å². The van der Waals surface area contributed by atoms with E-state index in [0.29, 0.717) is 37.4 Å². The van der Waals surface area contributed by atoms with Crippen molar-refractivity contribution in [3.05, 3.63) is 56.7 Å². The first-order valence-corrected chi connectivity index (χ1v) is 11.0. The van der Waals surface area contributed by atoms with Gasteiger partial charge in [-0.15, -0.1) is 11.3 Å². The Kier molecular flexibility index (Phi) is 6.71. The number of thiophene rings is 1. The minimum atomic E-state index is -0.0276. The predicted octanol–water partition coefficient (Wildman–Crippen LogP) is 4.88. The van der Waals surface area contributed by atoms with Crippen molar-refractivity contribution in [3.63, 3.8) is 0 Å². The van der Waals surface area contributed by atoms with E-state index in [4.69, 9.17) is 0 Å². The van der Waals surface area contributed by atoms with Gasteiger partial charge in [-0.2, -0.15) is 0 Å². The number of halogens is 1. The molecule has 1 aromatic carbocycles. The van der Waals surface area contributed by atoms with Crippen LogP contribution in [0.4, 0.5) is 0 Å². The van der Waals surface area contributed by atoms with Crippen molar-refractivity contribution in [3.8, 4) is 0 Å². The molecule has 144 valence electrons. The maximum absolute atomic E-state index is 12.8. The molecule has 2 aromatic rings. The summed E-state index contributed by atoms with van der Waals surface area (Å²) < 4.78 is 0.958. The molecule has 1 aromatic heterocycles. The van der Waals surface area contributed by atoms with Gasteiger partial charge < -0.3 is 10.2 Å². The molecular weight excluding hydrogens is 424 g/mol. The molecule has 0 bridgehead atoms. The third kappa shape index (κ3) is 4.99. The topological polar surface area (TPSA) is 49.4 Å². The fourth-order valence-corrected chi connectivity index (χ4v) is 4.64. The van der Waals surface area contributed by atoms with Gasteiger partial charge in [0.2, 0.25) is 5.91 Å². The first-order valence-electron chi connectivity index (χ1n) is 9.34. The molecule has 3 rings (SSSR count). The summed E-state index contributed by atoms with van der Waals surface area (Å²) in [6.07, 6.45) is 1.42. The minimum absolute atomic E-state index is 0.0276. The van der Waals surface area contributed by atoms with Crippen LogP contribution in [0.15, 0.2) is 46.3 Å². The Morgan fingerprint density at radius 1 is 1.15 bits per heavy atom. The van der Waals surface area contributed by atoms with Crippen molar-refractivity contribution >= 4 is 39.1 Å². The van der Waals surface area contributed by atoms with Gasteiger partial charge in [0.05, 0.1) is 6.04 Å². The molecule has 1 fully saturated rings. The molecule has 0 saturated carbocycles. The lowest BCUT2D eigenvalue weighted by Gasteiger charge is -2.32. The average Bonchev–Trinajstić information content (AvgIpc) is 3.20. The van der Waals surface area contributed by atoms with Gasteiger partial charge in [0.1, 0.15) is 0 Å². The molecule has 2 amide bonds. The molecule has 1 aliphatic heterocycles. The quantitative estimate of drug-likeness (QED) is 0.708. The summed E-state index contributed by atoms with van der Waals surface area (Å²) in [5, 5.41) is 5.28. The van der Waals surface area contributed by atoms with Crippen LogP contribution in [0.3, 0.4) is 0 Å². The normalized spacial score (nSPS) is 16.4. The fraction of sp³-hybridized carbons (Fsp3) is 0.429. The number of carbonyl (C=O) groups is 2. The second kappa shape index (κ2) is 9.02. The number of benzene rings is 1. The summed E-state index contributed by atoms with van der Waals surface area (Å²) in [5.74, 6) is 0.463. The van der Waals surface area contributed by atoms with E-state index in [0.717, 1.165) is 4.47 Å². The van der Waals surface area contributed by atoms with Crippen LogP contribution < -0.4 is 5.32 Å². The van der Waals surface area contributed by atoms with Crippen molar-refractivity contribution in [2.45, 2.75) is 32.7 Å². The Hall–Kier alpha value is -1.66. The van der Waals surface area contributed by atoms with E-state index in [1.807, 2.05) is 40.6 Å². The zero-order valence-electron chi connectivity index (χ0n) is 15.7. The number of rotatable bonds is 5. The summed E-state index contributed by atoms with van der Waals surface area (Å²) in [4.78, 5) is 28.4. The van der Waals surface area contributed by atoms with Gasteiger partial charge in [-0.25, -0.2) is 0 Å². The van der Waals surface area contributed by atoms with Crippen molar-refractivity contribution in [2.24, 2.45) is 11.8 Å². The zero-order chi connectivity index (χ0) is 19.4. The van der Waals surface area contributed by atoms with Gasteiger partial charge >= 0.3 is 0 Å².